The van der Waals surface area contributed by atoms with Crippen molar-refractivity contribution in [3.05, 3.63) is 65.7 Å². The lowest BCUT2D eigenvalue weighted by molar-refractivity contribution is 0.0938. The summed E-state index contributed by atoms with van der Waals surface area (Å²) in [7, 11) is -3.48. The smallest absolute Gasteiger partial charge is 0.251 e. The summed E-state index contributed by atoms with van der Waals surface area (Å²) >= 11 is 0. The summed E-state index contributed by atoms with van der Waals surface area (Å²) in [5.41, 5.74) is 1.70. The van der Waals surface area contributed by atoms with Crippen LogP contribution in [0.25, 0.3) is 0 Å². The van der Waals surface area contributed by atoms with E-state index in [0.29, 0.717) is 5.56 Å². The quantitative estimate of drug-likeness (QED) is 0.748. The minimum Gasteiger partial charge on any atom is -0.350 e. The van der Waals surface area contributed by atoms with Crippen molar-refractivity contribution in [2.24, 2.45) is 0 Å². The second kappa shape index (κ2) is 8.01. The van der Waals surface area contributed by atoms with Crippen LogP contribution in [0.2, 0.25) is 0 Å². The molecule has 0 saturated heterocycles. The first-order valence-electron chi connectivity index (χ1n) is 8.91. The molecule has 0 spiro atoms. The Morgan fingerprint density at radius 1 is 1.08 bits per heavy atom. The molecule has 2 N–H and O–H groups in total. The molecule has 26 heavy (non-hydrogen) atoms. The largest absolute Gasteiger partial charge is 0.350 e. The zero-order chi connectivity index (χ0) is 18.6. The standard InChI is InChI=1S/C20H24N2O3S/c1-15(7-8-16-5-3-2-4-6-16)21-20(23)17-9-13-19(14-10-17)26(24,25)22-18-11-12-18/h2-6,9-10,13-15,18,22H,7-8,11-12H2,1H3,(H,21,23). The molecule has 1 amide bonds. The van der Waals surface area contributed by atoms with E-state index in [9.17, 15) is 13.2 Å². The summed E-state index contributed by atoms with van der Waals surface area (Å²) in [5, 5.41) is 2.96. The summed E-state index contributed by atoms with van der Waals surface area (Å²) in [6, 6.07) is 16.3. The molecule has 0 radical (unpaired) electrons. The van der Waals surface area contributed by atoms with Gasteiger partial charge in [-0.2, -0.15) is 0 Å². The van der Waals surface area contributed by atoms with Gasteiger partial charge in [0.05, 0.1) is 4.90 Å². The second-order valence-electron chi connectivity index (χ2n) is 6.82. The van der Waals surface area contributed by atoms with Crippen LogP contribution in [-0.2, 0) is 16.4 Å². The molecule has 1 aliphatic carbocycles. The number of nitrogens with one attached hydrogen (secondary N) is 2. The van der Waals surface area contributed by atoms with Crippen LogP contribution < -0.4 is 10.0 Å². The van der Waals surface area contributed by atoms with Crippen LogP contribution >= 0.6 is 0 Å². The van der Waals surface area contributed by atoms with Crippen molar-refractivity contribution in [1.29, 1.82) is 0 Å². The molecule has 1 unspecified atom stereocenters. The Hall–Kier alpha value is -2.18. The third kappa shape index (κ3) is 5.16. The summed E-state index contributed by atoms with van der Waals surface area (Å²) < 4.78 is 26.9. The van der Waals surface area contributed by atoms with Gasteiger partial charge in [0.2, 0.25) is 10.0 Å². The lowest BCUT2D eigenvalue weighted by atomic mass is 10.1. The van der Waals surface area contributed by atoms with Gasteiger partial charge in [-0.1, -0.05) is 30.3 Å². The van der Waals surface area contributed by atoms with Crippen LogP contribution in [0.1, 0.15) is 42.1 Å². The van der Waals surface area contributed by atoms with Gasteiger partial charge in [-0.3, -0.25) is 4.79 Å². The van der Waals surface area contributed by atoms with Gasteiger partial charge in [-0.25, -0.2) is 13.1 Å². The molecule has 3 rings (SSSR count). The Morgan fingerprint density at radius 2 is 1.73 bits per heavy atom. The van der Waals surface area contributed by atoms with Gasteiger partial charge in [0.15, 0.2) is 0 Å². The average molecular weight is 372 g/mol. The predicted molar refractivity (Wildman–Crippen MR) is 101 cm³/mol. The average Bonchev–Trinajstić information content (AvgIpc) is 3.44. The van der Waals surface area contributed by atoms with Crippen molar-refractivity contribution in [2.75, 3.05) is 0 Å². The van der Waals surface area contributed by atoms with Gasteiger partial charge < -0.3 is 5.32 Å². The lowest BCUT2D eigenvalue weighted by Crippen LogP contribution is -2.33. The van der Waals surface area contributed by atoms with Crippen LogP contribution in [0.3, 0.4) is 0 Å². The van der Waals surface area contributed by atoms with E-state index in [-0.39, 0.29) is 22.9 Å². The molecule has 6 heteroatoms. The number of rotatable bonds is 8. The van der Waals surface area contributed by atoms with Crippen LogP contribution in [0.4, 0.5) is 0 Å². The van der Waals surface area contributed by atoms with E-state index in [2.05, 4.69) is 22.2 Å². The SMILES string of the molecule is CC(CCc1ccccc1)NC(=O)c1ccc(S(=O)(=O)NC2CC2)cc1. The topological polar surface area (TPSA) is 75.3 Å². The van der Waals surface area contributed by atoms with Crippen LogP contribution in [0, 0.1) is 0 Å². The normalized spacial score (nSPS) is 15.4. The van der Waals surface area contributed by atoms with E-state index in [1.807, 2.05) is 25.1 Å². The van der Waals surface area contributed by atoms with Crippen molar-refractivity contribution < 1.29 is 13.2 Å². The molecule has 0 aromatic heterocycles. The van der Waals surface area contributed by atoms with Crippen LogP contribution in [0.15, 0.2) is 59.5 Å². The Morgan fingerprint density at radius 3 is 2.35 bits per heavy atom. The molecule has 1 fully saturated rings. The molecule has 5 nitrogen and oxygen atoms in total. The van der Waals surface area contributed by atoms with Crippen molar-refractivity contribution in [1.82, 2.24) is 10.0 Å². The molecule has 2 aromatic rings. The van der Waals surface area contributed by atoms with Crippen molar-refractivity contribution in [3.63, 3.8) is 0 Å². The fourth-order valence-corrected chi connectivity index (χ4v) is 3.99. The van der Waals surface area contributed by atoms with Crippen molar-refractivity contribution >= 4 is 15.9 Å². The summed E-state index contributed by atoms with van der Waals surface area (Å²) in [6.07, 6.45) is 3.51. The van der Waals surface area contributed by atoms with E-state index in [1.54, 1.807) is 12.1 Å². The number of carbonyl (C=O) groups is 1. The molecule has 1 atom stereocenters. The summed E-state index contributed by atoms with van der Waals surface area (Å²) in [6.45, 7) is 1.97. The summed E-state index contributed by atoms with van der Waals surface area (Å²) in [5.74, 6) is -0.190. The number of aryl methyl sites for hydroxylation is 1. The van der Waals surface area contributed by atoms with Crippen LogP contribution in [-0.4, -0.2) is 26.4 Å². The summed E-state index contributed by atoms with van der Waals surface area (Å²) in [4.78, 5) is 12.5. The Balaban J connectivity index is 1.54. The molecular weight excluding hydrogens is 348 g/mol. The zero-order valence-electron chi connectivity index (χ0n) is 14.8. The van der Waals surface area contributed by atoms with Crippen LogP contribution in [0.5, 0.6) is 0 Å². The van der Waals surface area contributed by atoms with E-state index < -0.39 is 10.0 Å². The minimum absolute atomic E-state index is 0.0302. The third-order valence-corrected chi connectivity index (χ3v) is 5.95. The van der Waals surface area contributed by atoms with Gasteiger partial charge in [0.25, 0.3) is 5.91 Å². The van der Waals surface area contributed by atoms with Gasteiger partial charge in [0, 0.05) is 17.6 Å². The molecular formula is C20H24N2O3S. The first-order valence-corrected chi connectivity index (χ1v) is 10.4. The molecule has 0 heterocycles. The van der Waals surface area contributed by atoms with E-state index in [1.165, 1.54) is 17.7 Å². The highest BCUT2D eigenvalue weighted by molar-refractivity contribution is 7.89. The number of carbonyl (C=O) groups excluding carboxylic acids is 1. The lowest BCUT2D eigenvalue weighted by Gasteiger charge is -2.14. The molecule has 1 saturated carbocycles. The fourth-order valence-electron chi connectivity index (χ4n) is 2.68. The fraction of sp³-hybridized carbons (Fsp3) is 0.350. The monoisotopic (exact) mass is 372 g/mol. The highest BCUT2D eigenvalue weighted by Crippen LogP contribution is 2.22. The van der Waals surface area contributed by atoms with E-state index >= 15 is 0 Å². The molecule has 138 valence electrons. The van der Waals surface area contributed by atoms with Crippen molar-refractivity contribution in [3.8, 4) is 0 Å². The highest BCUT2D eigenvalue weighted by atomic mass is 32.2. The Labute approximate surface area is 154 Å². The van der Waals surface area contributed by atoms with Gasteiger partial charge in [0.1, 0.15) is 0 Å². The number of sulfonamides is 1. The number of benzene rings is 2. The predicted octanol–water partition coefficient (Wildman–Crippen LogP) is 2.88. The molecule has 1 aliphatic rings. The molecule has 2 aromatic carbocycles. The Kier molecular flexibility index (Phi) is 5.74. The highest BCUT2D eigenvalue weighted by Gasteiger charge is 2.28. The first kappa shape index (κ1) is 18.6. The van der Waals surface area contributed by atoms with E-state index in [4.69, 9.17) is 0 Å². The van der Waals surface area contributed by atoms with Crippen molar-refractivity contribution in [2.45, 2.75) is 49.6 Å². The third-order valence-electron chi connectivity index (χ3n) is 4.41. The maximum absolute atomic E-state index is 12.3. The van der Waals surface area contributed by atoms with Gasteiger partial charge in [-0.15, -0.1) is 0 Å². The van der Waals surface area contributed by atoms with Gasteiger partial charge in [-0.05, 0) is 62.4 Å². The number of hydrogen-bond acceptors (Lipinski definition) is 3. The zero-order valence-corrected chi connectivity index (χ0v) is 15.6. The first-order chi connectivity index (χ1) is 12.4. The second-order valence-corrected chi connectivity index (χ2v) is 8.53. The Bertz CT molecular complexity index is 844. The minimum atomic E-state index is -3.48. The molecule has 0 bridgehead atoms. The molecule has 0 aliphatic heterocycles. The maximum Gasteiger partial charge on any atom is 0.251 e. The van der Waals surface area contributed by atoms with E-state index in [0.717, 1.165) is 25.7 Å². The van der Waals surface area contributed by atoms with Gasteiger partial charge >= 0.3 is 0 Å². The number of hydrogen-bond donors (Lipinski definition) is 2. The maximum atomic E-state index is 12.3. The number of amides is 1.